The summed E-state index contributed by atoms with van der Waals surface area (Å²) in [5, 5.41) is 27.5. The Hall–Kier alpha value is -1.01. The molecule has 5 nitrogen and oxygen atoms in total. The van der Waals surface area contributed by atoms with Crippen LogP contribution < -0.4 is 9.47 Å². The molecule has 0 spiro atoms. The molecule has 0 radical (unpaired) electrons. The molecule has 0 aliphatic carbocycles. The minimum atomic E-state index is -0.984. The highest BCUT2D eigenvalue weighted by Crippen LogP contribution is 2.34. The van der Waals surface area contributed by atoms with E-state index in [0.29, 0.717) is 22.1 Å². The first-order valence-electron chi connectivity index (χ1n) is 5.01. The molecule has 0 heterocycles. The Morgan fingerprint density at radius 3 is 2.59 bits per heavy atom. The second-order valence-electron chi connectivity index (χ2n) is 3.40. The number of aliphatic hydroxyl groups is 3. The van der Waals surface area contributed by atoms with Gasteiger partial charge in [-0.15, -0.1) is 0 Å². The van der Waals surface area contributed by atoms with Crippen molar-refractivity contribution in [3.8, 4) is 11.5 Å². The van der Waals surface area contributed by atoms with Gasteiger partial charge in [0.2, 0.25) is 0 Å². The van der Waals surface area contributed by atoms with Gasteiger partial charge in [0.15, 0.2) is 11.5 Å². The number of hydrogen-bond donors (Lipinski definition) is 3. The third kappa shape index (κ3) is 3.74. The highest BCUT2D eigenvalue weighted by atomic mass is 35.5. The van der Waals surface area contributed by atoms with Crippen molar-refractivity contribution >= 4 is 11.6 Å². The largest absolute Gasteiger partial charge is 0.493 e. The zero-order valence-electron chi connectivity index (χ0n) is 9.39. The molecule has 1 aromatic rings. The van der Waals surface area contributed by atoms with Crippen LogP contribution in [0.4, 0.5) is 0 Å². The summed E-state index contributed by atoms with van der Waals surface area (Å²) in [5.74, 6) is 0.679. The topological polar surface area (TPSA) is 79.2 Å². The van der Waals surface area contributed by atoms with Crippen LogP contribution in [0.25, 0.3) is 0 Å². The Kier molecular flexibility index (Phi) is 5.50. The van der Waals surface area contributed by atoms with Crippen LogP contribution in [0.2, 0.25) is 5.02 Å². The number of ether oxygens (including phenoxy) is 2. The van der Waals surface area contributed by atoms with Gasteiger partial charge in [0.25, 0.3) is 0 Å². The van der Waals surface area contributed by atoms with Crippen molar-refractivity contribution < 1.29 is 24.8 Å². The number of aliphatic hydroxyl groups excluding tert-OH is 3. The van der Waals surface area contributed by atoms with E-state index < -0.39 is 12.7 Å². The van der Waals surface area contributed by atoms with Crippen LogP contribution in [0.3, 0.4) is 0 Å². The summed E-state index contributed by atoms with van der Waals surface area (Å²) in [4.78, 5) is 0. The lowest BCUT2D eigenvalue weighted by Crippen LogP contribution is -2.21. The van der Waals surface area contributed by atoms with E-state index in [-0.39, 0.29) is 13.2 Å². The third-order valence-electron chi connectivity index (χ3n) is 2.12. The Balaban J connectivity index is 2.94. The molecule has 3 N–H and O–H groups in total. The van der Waals surface area contributed by atoms with Crippen molar-refractivity contribution in [3.63, 3.8) is 0 Å². The Labute approximate surface area is 104 Å². The molecule has 0 aliphatic rings. The van der Waals surface area contributed by atoms with E-state index in [0.717, 1.165) is 0 Å². The monoisotopic (exact) mass is 262 g/mol. The maximum absolute atomic E-state index is 9.20. The van der Waals surface area contributed by atoms with Gasteiger partial charge in [0, 0.05) is 16.7 Å². The standard InChI is InChI=1S/C11H15ClO5/c1-16-10-3-8(12)2-7(4-13)11(10)17-6-9(15)5-14/h2-3,9,13-15H,4-6H2,1H3. The molecule has 1 unspecified atom stereocenters. The van der Waals surface area contributed by atoms with Crippen molar-refractivity contribution in [1.29, 1.82) is 0 Å². The number of methoxy groups -OCH3 is 1. The normalized spacial score (nSPS) is 12.3. The molecule has 0 amide bonds. The lowest BCUT2D eigenvalue weighted by Gasteiger charge is -2.16. The van der Waals surface area contributed by atoms with Crippen molar-refractivity contribution in [3.05, 3.63) is 22.7 Å². The van der Waals surface area contributed by atoms with E-state index in [9.17, 15) is 10.2 Å². The molecular formula is C11H15ClO5. The quantitative estimate of drug-likeness (QED) is 0.699. The van der Waals surface area contributed by atoms with Crippen LogP contribution in [-0.4, -0.2) is 41.7 Å². The molecule has 0 saturated heterocycles. The first-order chi connectivity index (χ1) is 8.12. The summed E-state index contributed by atoms with van der Waals surface area (Å²) in [6.45, 7) is -0.757. The summed E-state index contributed by atoms with van der Waals surface area (Å²) in [6.07, 6.45) is -0.984. The average molecular weight is 263 g/mol. The summed E-state index contributed by atoms with van der Waals surface area (Å²) in [7, 11) is 1.45. The van der Waals surface area contributed by atoms with Crippen LogP contribution in [0.15, 0.2) is 12.1 Å². The number of hydrogen-bond acceptors (Lipinski definition) is 5. The Morgan fingerprint density at radius 1 is 1.35 bits per heavy atom. The van der Waals surface area contributed by atoms with Crippen LogP contribution in [-0.2, 0) is 6.61 Å². The zero-order chi connectivity index (χ0) is 12.8. The molecule has 6 heteroatoms. The Morgan fingerprint density at radius 2 is 2.06 bits per heavy atom. The third-order valence-corrected chi connectivity index (χ3v) is 2.34. The van der Waals surface area contributed by atoms with Gasteiger partial charge in [-0.2, -0.15) is 0 Å². The average Bonchev–Trinajstić information content (AvgIpc) is 2.35. The van der Waals surface area contributed by atoms with Gasteiger partial charge in [0.05, 0.1) is 20.3 Å². The van der Waals surface area contributed by atoms with Gasteiger partial charge >= 0.3 is 0 Å². The van der Waals surface area contributed by atoms with Gasteiger partial charge in [0.1, 0.15) is 12.7 Å². The fraction of sp³-hybridized carbons (Fsp3) is 0.455. The lowest BCUT2D eigenvalue weighted by atomic mass is 10.2. The molecular weight excluding hydrogens is 248 g/mol. The van der Waals surface area contributed by atoms with Gasteiger partial charge < -0.3 is 24.8 Å². The summed E-state index contributed by atoms with van der Waals surface area (Å²) < 4.78 is 10.4. The molecule has 0 aliphatic heterocycles. The molecule has 1 rings (SSSR count). The van der Waals surface area contributed by atoms with Crippen LogP contribution in [0.5, 0.6) is 11.5 Å². The first kappa shape index (κ1) is 14.1. The minimum absolute atomic E-state index is 0.0957. The minimum Gasteiger partial charge on any atom is -0.493 e. The van der Waals surface area contributed by atoms with Crippen LogP contribution in [0.1, 0.15) is 5.56 Å². The number of benzene rings is 1. The van der Waals surface area contributed by atoms with Gasteiger partial charge in [-0.25, -0.2) is 0 Å². The fourth-order valence-electron chi connectivity index (χ4n) is 1.29. The first-order valence-corrected chi connectivity index (χ1v) is 5.39. The summed E-state index contributed by atoms with van der Waals surface area (Å²) in [6, 6.07) is 3.09. The summed E-state index contributed by atoms with van der Waals surface area (Å²) >= 11 is 5.83. The van der Waals surface area contributed by atoms with Crippen molar-refractivity contribution in [1.82, 2.24) is 0 Å². The van der Waals surface area contributed by atoms with Crippen molar-refractivity contribution in [2.75, 3.05) is 20.3 Å². The van der Waals surface area contributed by atoms with Gasteiger partial charge in [-0.3, -0.25) is 0 Å². The maximum atomic E-state index is 9.20. The van der Waals surface area contributed by atoms with E-state index in [1.807, 2.05) is 0 Å². The Bertz CT molecular complexity index is 344. The van der Waals surface area contributed by atoms with E-state index >= 15 is 0 Å². The number of halogens is 1. The number of rotatable bonds is 6. The second-order valence-corrected chi connectivity index (χ2v) is 3.84. The molecule has 0 fully saturated rings. The van der Waals surface area contributed by atoms with Crippen molar-refractivity contribution in [2.24, 2.45) is 0 Å². The molecule has 0 saturated carbocycles. The van der Waals surface area contributed by atoms with Crippen LogP contribution >= 0.6 is 11.6 Å². The summed E-state index contributed by atoms with van der Waals surface area (Å²) in [5.41, 5.74) is 0.458. The molecule has 1 atom stereocenters. The fourth-order valence-corrected chi connectivity index (χ4v) is 1.52. The maximum Gasteiger partial charge on any atom is 0.166 e. The predicted octanol–water partition coefficient (Wildman–Crippen LogP) is 0.573. The highest BCUT2D eigenvalue weighted by Gasteiger charge is 2.14. The molecule has 1 aromatic carbocycles. The van der Waals surface area contributed by atoms with E-state index in [1.54, 1.807) is 12.1 Å². The van der Waals surface area contributed by atoms with E-state index in [2.05, 4.69) is 0 Å². The highest BCUT2D eigenvalue weighted by molar-refractivity contribution is 6.30. The predicted molar refractivity (Wildman–Crippen MR) is 62.5 cm³/mol. The van der Waals surface area contributed by atoms with Crippen LogP contribution in [0, 0.1) is 0 Å². The van der Waals surface area contributed by atoms with E-state index in [4.69, 9.17) is 26.2 Å². The zero-order valence-corrected chi connectivity index (χ0v) is 10.1. The van der Waals surface area contributed by atoms with E-state index in [1.165, 1.54) is 7.11 Å². The van der Waals surface area contributed by atoms with Gasteiger partial charge in [-0.05, 0) is 6.07 Å². The molecule has 96 valence electrons. The smallest absolute Gasteiger partial charge is 0.166 e. The van der Waals surface area contributed by atoms with Crippen molar-refractivity contribution in [2.45, 2.75) is 12.7 Å². The second kappa shape index (κ2) is 6.66. The molecule has 0 aromatic heterocycles. The molecule has 0 bridgehead atoms. The molecule has 17 heavy (non-hydrogen) atoms. The SMILES string of the molecule is COc1cc(Cl)cc(CO)c1OCC(O)CO. The lowest BCUT2D eigenvalue weighted by molar-refractivity contribution is 0.0519. The van der Waals surface area contributed by atoms with Gasteiger partial charge in [-0.1, -0.05) is 11.6 Å².